The first-order chi connectivity index (χ1) is 9.22. The van der Waals surface area contributed by atoms with Gasteiger partial charge in [0.15, 0.2) is 5.16 Å². The van der Waals surface area contributed by atoms with Gasteiger partial charge in [-0.2, -0.15) is 0 Å². The number of aromatic nitrogens is 2. The number of aryl methyl sites for hydroxylation is 1. The second kappa shape index (κ2) is 6.78. The van der Waals surface area contributed by atoms with E-state index in [2.05, 4.69) is 28.7 Å². The fourth-order valence-corrected chi connectivity index (χ4v) is 2.74. The number of hydrogen-bond donors (Lipinski definition) is 2. The van der Waals surface area contributed by atoms with Crippen LogP contribution in [0.5, 0.6) is 0 Å². The predicted octanol–water partition coefficient (Wildman–Crippen LogP) is 1.83. The van der Waals surface area contributed by atoms with E-state index in [1.54, 1.807) is 6.92 Å². The fraction of sp³-hybridized carbons (Fsp3) is 0.615. The Hall–Kier alpha value is -1.50. The summed E-state index contributed by atoms with van der Waals surface area (Å²) in [5.41, 5.74) is 7.00. The Morgan fingerprint density at radius 1 is 1.35 bits per heavy atom. The first kappa shape index (κ1) is 16.6. The lowest BCUT2D eigenvalue weighted by Gasteiger charge is -2.14. The van der Waals surface area contributed by atoms with Crippen LogP contribution in [0.25, 0.3) is 0 Å². The lowest BCUT2D eigenvalue weighted by atomic mass is 10.2. The SMILES string of the molecule is Cc1nc(SC(C)C(=O)NC(N)=O)n(CC(C)C)c1C. The molecule has 0 aliphatic rings. The molecule has 112 valence electrons. The van der Waals surface area contributed by atoms with E-state index in [4.69, 9.17) is 5.73 Å². The van der Waals surface area contributed by atoms with E-state index in [0.29, 0.717) is 5.92 Å². The van der Waals surface area contributed by atoms with Crippen molar-refractivity contribution in [3.05, 3.63) is 11.4 Å². The molecule has 1 unspecified atom stereocenters. The highest BCUT2D eigenvalue weighted by atomic mass is 32.2. The highest BCUT2D eigenvalue weighted by Gasteiger charge is 2.20. The number of carbonyl (C=O) groups excluding carboxylic acids is 2. The van der Waals surface area contributed by atoms with Crippen LogP contribution in [0.4, 0.5) is 4.79 Å². The number of rotatable bonds is 5. The van der Waals surface area contributed by atoms with E-state index in [1.807, 2.05) is 13.8 Å². The average molecular weight is 298 g/mol. The van der Waals surface area contributed by atoms with Gasteiger partial charge in [0.2, 0.25) is 5.91 Å². The number of nitrogens with one attached hydrogen (secondary N) is 1. The summed E-state index contributed by atoms with van der Waals surface area (Å²) < 4.78 is 2.11. The fourth-order valence-electron chi connectivity index (χ4n) is 1.73. The average Bonchev–Trinajstić information content (AvgIpc) is 2.55. The molecule has 1 atom stereocenters. The Morgan fingerprint density at radius 3 is 2.45 bits per heavy atom. The van der Waals surface area contributed by atoms with Gasteiger partial charge in [-0.25, -0.2) is 9.78 Å². The van der Waals surface area contributed by atoms with Gasteiger partial charge in [-0.15, -0.1) is 0 Å². The summed E-state index contributed by atoms with van der Waals surface area (Å²) in [5, 5.41) is 2.44. The van der Waals surface area contributed by atoms with E-state index in [-0.39, 0.29) is 0 Å². The summed E-state index contributed by atoms with van der Waals surface area (Å²) in [5.74, 6) is 0.0771. The van der Waals surface area contributed by atoms with Crippen molar-refractivity contribution in [1.29, 1.82) is 0 Å². The van der Waals surface area contributed by atoms with E-state index >= 15 is 0 Å². The first-order valence-electron chi connectivity index (χ1n) is 6.53. The molecule has 6 nitrogen and oxygen atoms in total. The highest BCUT2D eigenvalue weighted by Crippen LogP contribution is 2.26. The van der Waals surface area contributed by atoms with Crippen molar-refractivity contribution < 1.29 is 9.59 Å². The number of imidazole rings is 1. The number of urea groups is 1. The van der Waals surface area contributed by atoms with Gasteiger partial charge in [0.25, 0.3) is 0 Å². The minimum Gasteiger partial charge on any atom is -0.351 e. The molecule has 0 aromatic carbocycles. The van der Waals surface area contributed by atoms with Gasteiger partial charge in [0, 0.05) is 12.2 Å². The van der Waals surface area contributed by atoms with Gasteiger partial charge in [-0.3, -0.25) is 10.1 Å². The minimum atomic E-state index is -0.833. The molecule has 20 heavy (non-hydrogen) atoms. The summed E-state index contributed by atoms with van der Waals surface area (Å²) in [6.45, 7) is 10.8. The molecule has 3 N–H and O–H groups in total. The van der Waals surface area contributed by atoms with E-state index < -0.39 is 17.2 Å². The van der Waals surface area contributed by atoms with E-state index in [1.165, 1.54) is 11.8 Å². The van der Waals surface area contributed by atoms with Crippen molar-refractivity contribution in [3.63, 3.8) is 0 Å². The second-order valence-corrected chi connectivity index (χ2v) is 6.49. The number of primary amides is 1. The molecule has 7 heteroatoms. The van der Waals surface area contributed by atoms with Crippen molar-refractivity contribution in [1.82, 2.24) is 14.9 Å². The lowest BCUT2D eigenvalue weighted by Crippen LogP contribution is -2.39. The van der Waals surface area contributed by atoms with Crippen LogP contribution in [-0.2, 0) is 11.3 Å². The van der Waals surface area contributed by atoms with Gasteiger partial charge in [-0.05, 0) is 26.7 Å². The zero-order valence-corrected chi connectivity index (χ0v) is 13.4. The Labute approximate surface area is 123 Å². The monoisotopic (exact) mass is 298 g/mol. The predicted molar refractivity (Wildman–Crippen MR) is 79.6 cm³/mol. The molecule has 0 saturated carbocycles. The largest absolute Gasteiger partial charge is 0.351 e. The van der Waals surface area contributed by atoms with Crippen molar-refractivity contribution in [3.8, 4) is 0 Å². The Morgan fingerprint density at radius 2 is 1.95 bits per heavy atom. The van der Waals surface area contributed by atoms with E-state index in [9.17, 15) is 9.59 Å². The van der Waals surface area contributed by atoms with E-state index in [0.717, 1.165) is 23.1 Å². The normalized spacial score (nSPS) is 12.5. The third-order valence-corrected chi connectivity index (χ3v) is 3.96. The Kier molecular flexibility index (Phi) is 5.62. The summed E-state index contributed by atoms with van der Waals surface area (Å²) in [4.78, 5) is 26.9. The van der Waals surface area contributed by atoms with Crippen LogP contribution in [-0.4, -0.2) is 26.7 Å². The topological polar surface area (TPSA) is 90.0 Å². The molecule has 0 fully saturated rings. The van der Waals surface area contributed by atoms with Crippen LogP contribution in [0.1, 0.15) is 32.2 Å². The van der Waals surface area contributed by atoms with Gasteiger partial charge >= 0.3 is 6.03 Å². The van der Waals surface area contributed by atoms with Gasteiger partial charge < -0.3 is 10.3 Å². The molecular formula is C13H22N4O2S. The third-order valence-electron chi connectivity index (χ3n) is 2.87. The molecule has 0 bridgehead atoms. The van der Waals surface area contributed by atoms with Crippen molar-refractivity contribution in [2.24, 2.45) is 11.7 Å². The summed E-state index contributed by atoms with van der Waals surface area (Å²) >= 11 is 1.33. The Bertz CT molecular complexity index is 511. The summed E-state index contributed by atoms with van der Waals surface area (Å²) in [6, 6.07) is -0.833. The zero-order valence-electron chi connectivity index (χ0n) is 12.6. The van der Waals surface area contributed by atoms with Crippen LogP contribution in [0, 0.1) is 19.8 Å². The molecule has 1 aromatic rings. The van der Waals surface area contributed by atoms with Crippen molar-refractivity contribution >= 4 is 23.7 Å². The number of amides is 3. The van der Waals surface area contributed by atoms with Gasteiger partial charge in [0.1, 0.15) is 0 Å². The number of hydrogen-bond acceptors (Lipinski definition) is 4. The molecule has 0 saturated heterocycles. The third kappa shape index (κ3) is 4.26. The van der Waals surface area contributed by atoms with Crippen LogP contribution in [0.15, 0.2) is 5.16 Å². The molecule has 1 heterocycles. The lowest BCUT2D eigenvalue weighted by molar-refractivity contribution is -0.119. The highest BCUT2D eigenvalue weighted by molar-refractivity contribution is 8.00. The molecule has 1 rings (SSSR count). The van der Waals surface area contributed by atoms with Crippen molar-refractivity contribution in [2.45, 2.75) is 51.6 Å². The molecular weight excluding hydrogens is 276 g/mol. The van der Waals surface area contributed by atoms with Crippen LogP contribution >= 0.6 is 11.8 Å². The van der Waals surface area contributed by atoms with Gasteiger partial charge in [-0.1, -0.05) is 25.6 Å². The van der Waals surface area contributed by atoms with Crippen LogP contribution < -0.4 is 11.1 Å². The number of nitrogens with zero attached hydrogens (tertiary/aromatic N) is 2. The van der Waals surface area contributed by atoms with Gasteiger partial charge in [0.05, 0.1) is 10.9 Å². The molecule has 0 radical (unpaired) electrons. The Balaban J connectivity index is 2.89. The molecule has 0 spiro atoms. The maximum atomic E-state index is 11.7. The number of nitrogens with two attached hydrogens (primary N) is 1. The molecule has 0 aliphatic heterocycles. The molecule has 0 aliphatic carbocycles. The maximum Gasteiger partial charge on any atom is 0.318 e. The smallest absolute Gasteiger partial charge is 0.318 e. The standard InChI is InChI=1S/C13H22N4O2S/c1-7(2)6-17-9(4)8(3)15-13(17)20-10(5)11(18)16-12(14)19/h7,10H,6H2,1-5H3,(H3,14,16,18,19). The zero-order chi connectivity index (χ0) is 15.4. The minimum absolute atomic E-state index is 0.406. The number of thioether (sulfide) groups is 1. The van der Waals surface area contributed by atoms with Crippen LogP contribution in [0.2, 0.25) is 0 Å². The first-order valence-corrected chi connectivity index (χ1v) is 7.41. The maximum absolute atomic E-state index is 11.7. The summed E-state index contributed by atoms with van der Waals surface area (Å²) in [7, 11) is 0. The van der Waals surface area contributed by atoms with Crippen molar-refractivity contribution in [2.75, 3.05) is 0 Å². The second-order valence-electron chi connectivity index (χ2n) is 5.18. The molecule has 3 amide bonds. The molecule has 1 aromatic heterocycles. The quantitative estimate of drug-likeness (QED) is 0.811. The number of carbonyl (C=O) groups is 2. The number of imide groups is 1. The van der Waals surface area contributed by atoms with Crippen LogP contribution in [0.3, 0.4) is 0 Å². The summed E-state index contributed by atoms with van der Waals surface area (Å²) in [6.07, 6.45) is 0.